The van der Waals surface area contributed by atoms with Gasteiger partial charge in [-0.3, -0.25) is 10.1 Å². The Morgan fingerprint density at radius 2 is 2.00 bits per heavy atom. The summed E-state index contributed by atoms with van der Waals surface area (Å²) in [5.74, 6) is -0.965. The molecule has 0 spiro atoms. The quantitative estimate of drug-likeness (QED) is 0.370. The second-order valence-electron chi connectivity index (χ2n) is 2.83. The van der Waals surface area contributed by atoms with Crippen LogP contribution in [0.4, 0.5) is 0 Å². The Hall–Kier alpha value is -1.69. The lowest BCUT2D eigenvalue weighted by molar-refractivity contribution is -0.419. The fourth-order valence-electron chi connectivity index (χ4n) is 1.01. The van der Waals surface area contributed by atoms with Gasteiger partial charge in [-0.1, -0.05) is 28.1 Å². The molecule has 0 aromatic heterocycles. The lowest BCUT2D eigenvalue weighted by Crippen LogP contribution is -2.12. The number of nitro groups is 1. The molecule has 0 heterocycles. The summed E-state index contributed by atoms with van der Waals surface area (Å²) in [6, 6.07) is 6.74. The van der Waals surface area contributed by atoms with Crippen LogP contribution in [0, 0.1) is 10.1 Å². The third kappa shape index (κ3) is 3.16. The minimum Gasteiger partial charge on any atom is -0.461 e. The van der Waals surface area contributed by atoms with Crippen molar-refractivity contribution >= 4 is 28.0 Å². The van der Waals surface area contributed by atoms with Crippen LogP contribution in [0.1, 0.15) is 5.56 Å². The predicted molar refractivity (Wildman–Crippen MR) is 61.1 cm³/mol. The van der Waals surface area contributed by atoms with Crippen molar-refractivity contribution < 1.29 is 14.5 Å². The van der Waals surface area contributed by atoms with Crippen molar-refractivity contribution in [3.05, 3.63) is 50.1 Å². The number of nitrogens with zero attached hydrogens (tertiary/aromatic N) is 1. The molecule has 0 fully saturated rings. The average Bonchev–Trinajstić information content (AvgIpc) is 2.27. The van der Waals surface area contributed by atoms with Gasteiger partial charge in [-0.15, -0.1) is 0 Å². The van der Waals surface area contributed by atoms with Crippen LogP contribution in [-0.4, -0.2) is 18.0 Å². The Morgan fingerprint density at radius 1 is 1.44 bits per heavy atom. The smallest absolute Gasteiger partial charge is 0.409 e. The van der Waals surface area contributed by atoms with Gasteiger partial charge in [-0.2, -0.15) is 0 Å². The summed E-state index contributed by atoms with van der Waals surface area (Å²) in [5, 5.41) is 10.6. The first-order valence-corrected chi connectivity index (χ1v) is 5.04. The van der Waals surface area contributed by atoms with Crippen molar-refractivity contribution in [3.63, 3.8) is 0 Å². The predicted octanol–water partition coefficient (Wildman–Crippen LogP) is 2.24. The number of methoxy groups -OCH3 is 1. The van der Waals surface area contributed by atoms with Crippen LogP contribution in [0.3, 0.4) is 0 Å². The first-order valence-electron chi connectivity index (χ1n) is 4.24. The number of ether oxygens (including phenoxy) is 1. The van der Waals surface area contributed by atoms with Gasteiger partial charge in [0, 0.05) is 10.5 Å². The van der Waals surface area contributed by atoms with E-state index in [0.717, 1.165) is 17.7 Å². The standard InChI is InChI=1S/C10H8BrNO4/c1-16-10(13)9(12(14)15)6-7-2-4-8(11)5-3-7/h2-6H,1H3/b9-6-. The summed E-state index contributed by atoms with van der Waals surface area (Å²) in [6.45, 7) is 0. The third-order valence-corrected chi connectivity index (χ3v) is 2.29. The molecule has 5 nitrogen and oxygen atoms in total. The Morgan fingerprint density at radius 3 is 2.44 bits per heavy atom. The summed E-state index contributed by atoms with van der Waals surface area (Å²) in [4.78, 5) is 20.9. The maximum absolute atomic E-state index is 11.1. The molecule has 0 amide bonds. The highest BCUT2D eigenvalue weighted by atomic mass is 79.9. The molecule has 0 saturated carbocycles. The summed E-state index contributed by atoms with van der Waals surface area (Å²) in [6.07, 6.45) is 1.16. The van der Waals surface area contributed by atoms with E-state index in [4.69, 9.17) is 0 Å². The minimum atomic E-state index is -0.965. The number of carbonyl (C=O) groups is 1. The fourth-order valence-corrected chi connectivity index (χ4v) is 1.27. The van der Waals surface area contributed by atoms with Gasteiger partial charge < -0.3 is 4.74 Å². The van der Waals surface area contributed by atoms with Crippen LogP contribution >= 0.6 is 15.9 Å². The van der Waals surface area contributed by atoms with Crippen LogP contribution in [0.5, 0.6) is 0 Å². The summed E-state index contributed by atoms with van der Waals surface area (Å²) in [7, 11) is 1.10. The molecule has 1 rings (SSSR count). The van der Waals surface area contributed by atoms with E-state index in [0.29, 0.717) is 5.56 Å². The van der Waals surface area contributed by atoms with Gasteiger partial charge in [-0.25, -0.2) is 4.79 Å². The monoisotopic (exact) mass is 285 g/mol. The Balaban J connectivity index is 3.07. The maximum atomic E-state index is 11.1. The van der Waals surface area contributed by atoms with Gasteiger partial charge in [-0.05, 0) is 17.7 Å². The molecule has 84 valence electrons. The lowest BCUT2D eigenvalue weighted by Gasteiger charge is -1.97. The molecule has 0 bridgehead atoms. The van der Waals surface area contributed by atoms with Crippen LogP contribution in [0.2, 0.25) is 0 Å². The van der Waals surface area contributed by atoms with Crippen molar-refractivity contribution in [3.8, 4) is 0 Å². The van der Waals surface area contributed by atoms with Gasteiger partial charge in [0.1, 0.15) is 0 Å². The minimum absolute atomic E-state index is 0.556. The van der Waals surface area contributed by atoms with Gasteiger partial charge in [0.05, 0.1) is 12.0 Å². The van der Waals surface area contributed by atoms with Crippen LogP contribution < -0.4 is 0 Å². The number of hydrogen-bond donors (Lipinski definition) is 0. The molecular formula is C10H8BrNO4. The molecular weight excluding hydrogens is 278 g/mol. The summed E-state index contributed by atoms with van der Waals surface area (Å²) < 4.78 is 5.16. The van der Waals surface area contributed by atoms with E-state index >= 15 is 0 Å². The molecule has 0 aliphatic rings. The summed E-state index contributed by atoms with van der Waals surface area (Å²) in [5.41, 5.74) is -0.0369. The number of esters is 1. The second kappa shape index (κ2) is 5.41. The van der Waals surface area contributed by atoms with Crippen molar-refractivity contribution in [2.45, 2.75) is 0 Å². The molecule has 16 heavy (non-hydrogen) atoms. The van der Waals surface area contributed by atoms with E-state index in [9.17, 15) is 14.9 Å². The van der Waals surface area contributed by atoms with E-state index in [-0.39, 0.29) is 0 Å². The highest BCUT2D eigenvalue weighted by molar-refractivity contribution is 9.10. The first kappa shape index (κ1) is 12.4. The first-order chi connectivity index (χ1) is 7.54. The Bertz CT molecular complexity index is 439. The van der Waals surface area contributed by atoms with Crippen LogP contribution in [0.15, 0.2) is 34.4 Å². The zero-order valence-electron chi connectivity index (χ0n) is 8.34. The topological polar surface area (TPSA) is 69.4 Å². The van der Waals surface area contributed by atoms with Gasteiger partial charge in [0.25, 0.3) is 0 Å². The largest absolute Gasteiger partial charge is 0.461 e. The SMILES string of the molecule is COC(=O)/C(=C/c1ccc(Br)cc1)[N+](=O)[O-]. The molecule has 0 radical (unpaired) electrons. The van der Waals surface area contributed by atoms with Gasteiger partial charge in [0.15, 0.2) is 0 Å². The van der Waals surface area contributed by atoms with E-state index in [1.54, 1.807) is 24.3 Å². The highest BCUT2D eigenvalue weighted by Crippen LogP contribution is 2.13. The Kier molecular flexibility index (Phi) is 4.19. The lowest BCUT2D eigenvalue weighted by atomic mass is 10.2. The number of rotatable bonds is 3. The molecule has 0 aliphatic carbocycles. The molecule has 1 aromatic carbocycles. The fraction of sp³-hybridized carbons (Fsp3) is 0.100. The number of benzene rings is 1. The number of hydrogen-bond acceptors (Lipinski definition) is 4. The number of carbonyl (C=O) groups excluding carboxylic acids is 1. The van der Waals surface area contributed by atoms with E-state index < -0.39 is 16.6 Å². The summed E-state index contributed by atoms with van der Waals surface area (Å²) >= 11 is 3.24. The molecule has 0 atom stereocenters. The normalized spacial score (nSPS) is 11.0. The van der Waals surface area contributed by atoms with Crippen molar-refractivity contribution in [1.82, 2.24) is 0 Å². The van der Waals surface area contributed by atoms with Crippen molar-refractivity contribution in [2.24, 2.45) is 0 Å². The molecule has 1 aromatic rings. The van der Waals surface area contributed by atoms with E-state index in [1.165, 1.54) is 0 Å². The third-order valence-electron chi connectivity index (χ3n) is 1.76. The zero-order valence-corrected chi connectivity index (χ0v) is 9.93. The van der Waals surface area contributed by atoms with Crippen molar-refractivity contribution in [1.29, 1.82) is 0 Å². The van der Waals surface area contributed by atoms with Gasteiger partial charge >= 0.3 is 11.7 Å². The van der Waals surface area contributed by atoms with Gasteiger partial charge in [0.2, 0.25) is 0 Å². The highest BCUT2D eigenvalue weighted by Gasteiger charge is 2.22. The molecule has 0 aliphatic heterocycles. The molecule has 6 heteroatoms. The molecule has 0 unspecified atom stereocenters. The zero-order chi connectivity index (χ0) is 12.1. The van der Waals surface area contributed by atoms with E-state index in [2.05, 4.69) is 20.7 Å². The molecule has 0 N–H and O–H groups in total. The van der Waals surface area contributed by atoms with Crippen molar-refractivity contribution in [2.75, 3.05) is 7.11 Å². The molecule has 0 saturated heterocycles. The van der Waals surface area contributed by atoms with Crippen LogP contribution in [0.25, 0.3) is 6.08 Å². The van der Waals surface area contributed by atoms with Crippen LogP contribution in [-0.2, 0) is 9.53 Å². The second-order valence-corrected chi connectivity index (χ2v) is 3.75. The maximum Gasteiger partial charge on any atom is 0.409 e. The Labute approximate surface area is 100.0 Å². The number of halogens is 1. The van der Waals surface area contributed by atoms with E-state index in [1.807, 2.05) is 0 Å². The average molecular weight is 286 g/mol.